The minimum atomic E-state index is -0.654. The molecule has 2 rings (SSSR count). The Morgan fingerprint density at radius 3 is 2.37 bits per heavy atom. The molecule has 1 amide bonds. The number of hydrogen-bond donors (Lipinski definition) is 1. The summed E-state index contributed by atoms with van der Waals surface area (Å²) in [6.07, 6.45) is 0.788. The number of benzene rings is 2. The van der Waals surface area contributed by atoms with Crippen LogP contribution in [0.3, 0.4) is 0 Å². The summed E-state index contributed by atoms with van der Waals surface area (Å²) >= 11 is 6.05. The van der Waals surface area contributed by atoms with Gasteiger partial charge in [-0.2, -0.15) is 0 Å². The zero-order chi connectivity index (χ0) is 19.8. The molecule has 1 unspecified atom stereocenters. The molecule has 1 N–H and O–H groups in total. The van der Waals surface area contributed by atoms with Crippen molar-refractivity contribution in [3.63, 3.8) is 0 Å². The zero-order valence-corrected chi connectivity index (χ0v) is 16.5. The number of rotatable bonds is 8. The van der Waals surface area contributed by atoms with E-state index in [4.69, 9.17) is 21.1 Å². The summed E-state index contributed by atoms with van der Waals surface area (Å²) in [4.78, 5) is 24.5. The molecule has 0 saturated carbocycles. The van der Waals surface area contributed by atoms with E-state index in [0.29, 0.717) is 17.9 Å². The highest BCUT2D eigenvalue weighted by Gasteiger charge is 2.20. The third-order valence-electron chi connectivity index (χ3n) is 4.00. The van der Waals surface area contributed by atoms with Gasteiger partial charge in [-0.05, 0) is 55.7 Å². The van der Waals surface area contributed by atoms with Gasteiger partial charge in [-0.25, -0.2) is 4.79 Å². The molecule has 0 aromatic heterocycles. The van der Waals surface area contributed by atoms with E-state index in [2.05, 4.69) is 12.2 Å². The molecule has 1 atom stereocenters. The molecule has 6 heteroatoms. The first-order valence-corrected chi connectivity index (χ1v) is 9.39. The van der Waals surface area contributed by atoms with E-state index in [1.165, 1.54) is 11.6 Å². The number of nitrogens with one attached hydrogen (secondary N) is 1. The van der Waals surface area contributed by atoms with E-state index in [1.54, 1.807) is 19.1 Å². The Morgan fingerprint density at radius 2 is 1.78 bits per heavy atom. The van der Waals surface area contributed by atoms with Gasteiger partial charge in [0.05, 0.1) is 17.2 Å². The molecule has 0 aliphatic carbocycles. The topological polar surface area (TPSA) is 64.6 Å². The summed E-state index contributed by atoms with van der Waals surface area (Å²) in [7, 11) is 0. The number of carbonyl (C=O) groups is 2. The van der Waals surface area contributed by atoms with Gasteiger partial charge in [0.2, 0.25) is 0 Å². The smallest absolute Gasteiger partial charge is 0.339 e. The number of esters is 1. The first-order valence-electron chi connectivity index (χ1n) is 9.01. The van der Waals surface area contributed by atoms with Crippen molar-refractivity contribution in [2.24, 2.45) is 0 Å². The highest BCUT2D eigenvalue weighted by molar-refractivity contribution is 6.33. The van der Waals surface area contributed by atoms with Crippen LogP contribution in [0.25, 0.3) is 0 Å². The maximum Gasteiger partial charge on any atom is 0.339 e. The van der Waals surface area contributed by atoms with Crippen LogP contribution >= 0.6 is 11.6 Å². The van der Waals surface area contributed by atoms with Crippen molar-refractivity contribution >= 4 is 29.2 Å². The minimum absolute atomic E-state index is 0.209. The molecule has 0 fully saturated rings. The van der Waals surface area contributed by atoms with Crippen LogP contribution in [0, 0.1) is 0 Å². The van der Waals surface area contributed by atoms with Gasteiger partial charge in [0.1, 0.15) is 5.75 Å². The normalized spacial score (nSPS) is 11.6. The molecule has 0 radical (unpaired) electrons. The lowest BCUT2D eigenvalue weighted by Crippen LogP contribution is -2.32. The predicted octanol–water partition coefficient (Wildman–Crippen LogP) is 4.88. The number of hydrogen-bond acceptors (Lipinski definition) is 4. The fraction of sp³-hybridized carbons (Fsp3) is 0.333. The monoisotopic (exact) mass is 389 g/mol. The molecular weight excluding hydrogens is 366 g/mol. The van der Waals surface area contributed by atoms with Gasteiger partial charge in [0, 0.05) is 5.69 Å². The zero-order valence-electron chi connectivity index (χ0n) is 15.8. The second-order valence-corrected chi connectivity index (χ2v) is 6.32. The van der Waals surface area contributed by atoms with Crippen molar-refractivity contribution in [1.29, 1.82) is 0 Å². The Morgan fingerprint density at radius 1 is 1.07 bits per heavy atom. The second-order valence-electron chi connectivity index (χ2n) is 5.92. The van der Waals surface area contributed by atoms with Crippen LogP contribution in [-0.4, -0.2) is 24.6 Å². The average Bonchev–Trinajstić information content (AvgIpc) is 2.68. The first-order chi connectivity index (χ1) is 13.0. The van der Waals surface area contributed by atoms with E-state index in [0.717, 1.165) is 6.42 Å². The van der Waals surface area contributed by atoms with Crippen molar-refractivity contribution in [3.8, 4) is 5.75 Å². The molecule has 0 bridgehead atoms. The van der Waals surface area contributed by atoms with Crippen molar-refractivity contribution < 1.29 is 19.1 Å². The molecule has 0 aliphatic rings. The molecule has 5 nitrogen and oxygen atoms in total. The van der Waals surface area contributed by atoms with Crippen molar-refractivity contribution in [3.05, 3.63) is 58.6 Å². The largest absolute Gasteiger partial charge is 0.481 e. The first kappa shape index (κ1) is 20.8. The molecule has 0 heterocycles. The van der Waals surface area contributed by atoms with Gasteiger partial charge in [0.15, 0.2) is 6.10 Å². The summed E-state index contributed by atoms with van der Waals surface area (Å²) < 4.78 is 10.8. The van der Waals surface area contributed by atoms with Crippen molar-refractivity contribution in [1.82, 2.24) is 0 Å². The van der Waals surface area contributed by atoms with Crippen LogP contribution in [-0.2, 0) is 16.0 Å². The van der Waals surface area contributed by atoms with Crippen LogP contribution in [0.1, 0.15) is 43.1 Å². The Kier molecular flexibility index (Phi) is 7.67. The molecule has 0 aliphatic heterocycles. The standard InChI is InChI=1S/C21H24ClNO4/c1-4-14-7-10-16(11-8-14)27-19(5-2)20(24)23-15-9-12-18(22)17(13-15)21(25)26-6-3/h7-13,19H,4-6H2,1-3H3,(H,23,24). The van der Waals surface area contributed by atoms with Gasteiger partial charge in [0.25, 0.3) is 5.91 Å². The quantitative estimate of drug-likeness (QED) is 0.654. The Bertz CT molecular complexity index is 789. The summed E-state index contributed by atoms with van der Waals surface area (Å²) in [5.41, 5.74) is 1.86. The third-order valence-corrected chi connectivity index (χ3v) is 4.33. The number of ether oxygens (including phenoxy) is 2. The summed E-state index contributed by atoms with van der Waals surface area (Å²) in [5.74, 6) is -0.190. The summed E-state index contributed by atoms with van der Waals surface area (Å²) in [5, 5.41) is 3.04. The summed E-state index contributed by atoms with van der Waals surface area (Å²) in [6, 6.07) is 12.4. The maximum atomic E-state index is 12.6. The van der Waals surface area contributed by atoms with Crippen LogP contribution < -0.4 is 10.1 Å². The van der Waals surface area contributed by atoms with E-state index in [-0.39, 0.29) is 23.1 Å². The fourth-order valence-electron chi connectivity index (χ4n) is 2.48. The van der Waals surface area contributed by atoms with Gasteiger partial charge in [-0.3, -0.25) is 4.79 Å². The second kappa shape index (κ2) is 9.97. The summed E-state index contributed by atoms with van der Waals surface area (Å²) in [6.45, 7) is 5.91. The lowest BCUT2D eigenvalue weighted by Gasteiger charge is -2.18. The van der Waals surface area contributed by atoms with Crippen molar-refractivity contribution in [2.75, 3.05) is 11.9 Å². The molecule has 0 spiro atoms. The van der Waals surface area contributed by atoms with E-state index in [9.17, 15) is 9.59 Å². The SMILES string of the molecule is CCOC(=O)c1cc(NC(=O)C(CC)Oc2ccc(CC)cc2)ccc1Cl. The predicted molar refractivity (Wildman–Crippen MR) is 107 cm³/mol. The number of carbonyl (C=O) groups excluding carboxylic acids is 2. The van der Waals surface area contributed by atoms with E-state index in [1.807, 2.05) is 31.2 Å². The molecule has 2 aromatic rings. The third kappa shape index (κ3) is 5.73. The number of amides is 1. The lowest BCUT2D eigenvalue weighted by atomic mass is 10.1. The maximum absolute atomic E-state index is 12.6. The number of halogens is 1. The Hall–Kier alpha value is -2.53. The fourth-order valence-corrected chi connectivity index (χ4v) is 2.68. The molecule has 144 valence electrons. The minimum Gasteiger partial charge on any atom is -0.481 e. The highest BCUT2D eigenvalue weighted by atomic mass is 35.5. The van der Waals surface area contributed by atoms with E-state index < -0.39 is 12.1 Å². The number of aryl methyl sites for hydroxylation is 1. The molecule has 0 saturated heterocycles. The van der Waals surface area contributed by atoms with Crippen LogP contribution in [0.4, 0.5) is 5.69 Å². The van der Waals surface area contributed by atoms with Gasteiger partial charge in [-0.15, -0.1) is 0 Å². The van der Waals surface area contributed by atoms with Crippen LogP contribution in [0.5, 0.6) is 5.75 Å². The molecule has 2 aromatic carbocycles. The average molecular weight is 390 g/mol. The van der Waals surface area contributed by atoms with E-state index >= 15 is 0 Å². The van der Waals surface area contributed by atoms with Crippen LogP contribution in [0.2, 0.25) is 5.02 Å². The van der Waals surface area contributed by atoms with Crippen LogP contribution in [0.15, 0.2) is 42.5 Å². The van der Waals surface area contributed by atoms with Crippen molar-refractivity contribution in [2.45, 2.75) is 39.7 Å². The Balaban J connectivity index is 2.09. The lowest BCUT2D eigenvalue weighted by molar-refractivity contribution is -0.122. The van der Waals surface area contributed by atoms with Gasteiger partial charge < -0.3 is 14.8 Å². The number of anilines is 1. The molecule has 27 heavy (non-hydrogen) atoms. The van der Waals surface area contributed by atoms with Gasteiger partial charge in [-0.1, -0.05) is 37.6 Å². The Labute approximate surface area is 164 Å². The highest BCUT2D eigenvalue weighted by Crippen LogP contribution is 2.22. The van der Waals surface area contributed by atoms with Gasteiger partial charge >= 0.3 is 5.97 Å². The molecular formula is C21H24ClNO4.